The normalized spacial score (nSPS) is 16.3. The van der Waals surface area contributed by atoms with Gasteiger partial charge in [0.25, 0.3) is 10.0 Å². The van der Waals surface area contributed by atoms with Crippen molar-refractivity contribution in [3.05, 3.63) is 30.1 Å². The summed E-state index contributed by atoms with van der Waals surface area (Å²) in [6.45, 7) is 0.389. The first kappa shape index (κ1) is 11.5. The van der Waals surface area contributed by atoms with Crippen LogP contribution < -0.4 is 4.89 Å². The van der Waals surface area contributed by atoms with Crippen LogP contribution in [0, 0.1) is 11.7 Å². The van der Waals surface area contributed by atoms with Crippen LogP contribution in [-0.2, 0) is 14.9 Å². The van der Waals surface area contributed by atoms with E-state index in [0.29, 0.717) is 12.5 Å². The molecule has 1 aromatic rings. The number of sulfonamides is 1. The molecule has 0 spiro atoms. The molecule has 1 saturated carbocycles. The summed E-state index contributed by atoms with van der Waals surface area (Å²) in [6.07, 6.45) is 2.16. The number of benzene rings is 1. The van der Waals surface area contributed by atoms with E-state index < -0.39 is 15.8 Å². The topological polar surface area (TPSA) is 55.4 Å². The van der Waals surface area contributed by atoms with Crippen molar-refractivity contribution in [1.82, 2.24) is 4.89 Å². The van der Waals surface area contributed by atoms with Crippen molar-refractivity contribution in [3.63, 3.8) is 0 Å². The summed E-state index contributed by atoms with van der Waals surface area (Å²) in [5.41, 5.74) is 0. The Morgan fingerprint density at radius 2 is 1.94 bits per heavy atom. The van der Waals surface area contributed by atoms with Crippen molar-refractivity contribution in [2.75, 3.05) is 6.61 Å². The van der Waals surface area contributed by atoms with Gasteiger partial charge >= 0.3 is 0 Å². The van der Waals surface area contributed by atoms with E-state index in [1.54, 1.807) is 0 Å². The smallest absolute Gasteiger partial charge is 0.262 e. The second-order valence-electron chi connectivity index (χ2n) is 3.80. The zero-order valence-electron chi connectivity index (χ0n) is 8.52. The Bertz CT molecular complexity index is 453. The third kappa shape index (κ3) is 3.01. The highest BCUT2D eigenvalue weighted by molar-refractivity contribution is 7.89. The molecule has 1 fully saturated rings. The maximum absolute atomic E-state index is 12.6. The van der Waals surface area contributed by atoms with Crippen LogP contribution in [0.4, 0.5) is 4.39 Å². The van der Waals surface area contributed by atoms with E-state index in [0.717, 1.165) is 25.0 Å². The van der Waals surface area contributed by atoms with Crippen molar-refractivity contribution < 1.29 is 17.6 Å². The molecule has 0 bridgehead atoms. The van der Waals surface area contributed by atoms with Gasteiger partial charge in [-0.3, -0.25) is 4.84 Å². The van der Waals surface area contributed by atoms with Crippen LogP contribution in [0.2, 0.25) is 0 Å². The fourth-order valence-corrected chi connectivity index (χ4v) is 1.99. The summed E-state index contributed by atoms with van der Waals surface area (Å²) < 4.78 is 35.8. The van der Waals surface area contributed by atoms with Crippen LogP contribution in [0.15, 0.2) is 29.2 Å². The number of halogens is 1. The van der Waals surface area contributed by atoms with Crippen molar-refractivity contribution in [3.8, 4) is 0 Å². The minimum Gasteiger partial charge on any atom is -0.287 e. The lowest BCUT2D eigenvalue weighted by Crippen LogP contribution is -2.25. The summed E-state index contributed by atoms with van der Waals surface area (Å²) in [5.74, 6) is -0.00577. The van der Waals surface area contributed by atoms with E-state index in [2.05, 4.69) is 0 Å². The summed E-state index contributed by atoms with van der Waals surface area (Å²) >= 11 is 0. The second kappa shape index (κ2) is 4.48. The molecule has 2 rings (SSSR count). The van der Waals surface area contributed by atoms with E-state index in [1.807, 2.05) is 4.89 Å². The zero-order chi connectivity index (χ0) is 11.6. The van der Waals surface area contributed by atoms with Gasteiger partial charge < -0.3 is 0 Å². The maximum Gasteiger partial charge on any atom is 0.262 e. The Morgan fingerprint density at radius 1 is 1.31 bits per heavy atom. The van der Waals surface area contributed by atoms with Crippen LogP contribution >= 0.6 is 0 Å². The highest BCUT2D eigenvalue weighted by Gasteiger charge is 2.23. The Morgan fingerprint density at radius 3 is 2.50 bits per heavy atom. The minimum atomic E-state index is -3.68. The summed E-state index contributed by atoms with van der Waals surface area (Å²) in [6, 6.07) is 4.57. The highest BCUT2D eigenvalue weighted by Crippen LogP contribution is 2.28. The highest BCUT2D eigenvalue weighted by atomic mass is 32.2. The predicted molar refractivity (Wildman–Crippen MR) is 55.4 cm³/mol. The first-order valence-electron chi connectivity index (χ1n) is 4.97. The molecule has 1 N–H and O–H groups in total. The fraction of sp³-hybridized carbons (Fsp3) is 0.400. The summed E-state index contributed by atoms with van der Waals surface area (Å²) in [5, 5.41) is 0. The lowest BCUT2D eigenvalue weighted by molar-refractivity contribution is 0.0844. The van der Waals surface area contributed by atoms with Gasteiger partial charge in [0.05, 0.1) is 11.5 Å². The van der Waals surface area contributed by atoms with Crippen molar-refractivity contribution >= 4 is 10.0 Å². The van der Waals surface area contributed by atoms with E-state index in [9.17, 15) is 12.8 Å². The molecule has 6 heteroatoms. The van der Waals surface area contributed by atoms with E-state index in [4.69, 9.17) is 4.84 Å². The quantitative estimate of drug-likeness (QED) is 0.799. The minimum absolute atomic E-state index is 0.00954. The molecule has 0 heterocycles. The molecular formula is C10H12FNO3S. The van der Waals surface area contributed by atoms with E-state index >= 15 is 0 Å². The monoisotopic (exact) mass is 245 g/mol. The zero-order valence-corrected chi connectivity index (χ0v) is 9.34. The first-order valence-corrected chi connectivity index (χ1v) is 6.45. The van der Waals surface area contributed by atoms with E-state index in [1.165, 1.54) is 12.1 Å². The summed E-state index contributed by atoms with van der Waals surface area (Å²) in [7, 11) is -3.68. The van der Waals surface area contributed by atoms with Gasteiger partial charge in [-0.25, -0.2) is 12.8 Å². The van der Waals surface area contributed by atoms with Crippen LogP contribution in [0.25, 0.3) is 0 Å². The average molecular weight is 245 g/mol. The maximum atomic E-state index is 12.6. The van der Waals surface area contributed by atoms with Crippen LogP contribution in [-0.4, -0.2) is 15.0 Å². The molecular weight excluding hydrogens is 233 g/mol. The molecule has 0 radical (unpaired) electrons. The molecule has 0 atom stereocenters. The molecule has 88 valence electrons. The van der Waals surface area contributed by atoms with Crippen molar-refractivity contribution in [2.45, 2.75) is 17.7 Å². The predicted octanol–water partition coefficient (Wildman–Crippen LogP) is 1.45. The lowest BCUT2D eigenvalue weighted by atomic mass is 10.4. The Labute approximate surface area is 93.4 Å². The van der Waals surface area contributed by atoms with Crippen LogP contribution in [0.1, 0.15) is 12.8 Å². The number of hydrogen-bond donors (Lipinski definition) is 1. The fourth-order valence-electron chi connectivity index (χ4n) is 1.18. The van der Waals surface area contributed by atoms with Gasteiger partial charge in [-0.15, -0.1) is 0 Å². The van der Waals surface area contributed by atoms with Gasteiger partial charge in [0, 0.05) is 0 Å². The van der Waals surface area contributed by atoms with Gasteiger partial charge in [-0.05, 0) is 43.0 Å². The molecule has 0 unspecified atom stereocenters. The Balaban J connectivity index is 1.97. The summed E-state index contributed by atoms with van der Waals surface area (Å²) in [4.78, 5) is 6.88. The Kier molecular flexibility index (Phi) is 3.22. The number of rotatable bonds is 5. The SMILES string of the molecule is O=S(=O)(NOCC1CC1)c1ccc(F)cc1. The van der Waals surface area contributed by atoms with Crippen LogP contribution in [0.5, 0.6) is 0 Å². The van der Waals surface area contributed by atoms with Gasteiger partial charge in [0.2, 0.25) is 0 Å². The molecule has 1 aromatic carbocycles. The van der Waals surface area contributed by atoms with Gasteiger partial charge in [-0.1, -0.05) is 4.89 Å². The number of hydrogen-bond acceptors (Lipinski definition) is 3. The van der Waals surface area contributed by atoms with Crippen LogP contribution in [0.3, 0.4) is 0 Å². The average Bonchev–Trinajstić information content (AvgIpc) is 3.02. The van der Waals surface area contributed by atoms with Gasteiger partial charge in [-0.2, -0.15) is 0 Å². The van der Waals surface area contributed by atoms with Crippen molar-refractivity contribution in [1.29, 1.82) is 0 Å². The Hall–Kier alpha value is -0.980. The lowest BCUT2D eigenvalue weighted by Gasteiger charge is -2.06. The van der Waals surface area contributed by atoms with E-state index in [-0.39, 0.29) is 4.90 Å². The van der Waals surface area contributed by atoms with Gasteiger partial charge in [0.15, 0.2) is 0 Å². The molecule has 0 saturated heterocycles. The molecule has 4 nitrogen and oxygen atoms in total. The molecule has 1 aliphatic carbocycles. The molecule has 0 amide bonds. The molecule has 0 aliphatic heterocycles. The molecule has 1 aliphatic rings. The third-order valence-electron chi connectivity index (χ3n) is 2.31. The molecule has 16 heavy (non-hydrogen) atoms. The first-order chi connectivity index (χ1) is 7.58. The second-order valence-corrected chi connectivity index (χ2v) is 5.44. The standard InChI is InChI=1S/C10H12FNO3S/c11-9-3-5-10(6-4-9)16(13,14)12-15-7-8-1-2-8/h3-6,8,12H,1-2,7H2. The molecule has 0 aromatic heterocycles. The third-order valence-corrected chi connectivity index (χ3v) is 3.54. The van der Waals surface area contributed by atoms with Crippen molar-refractivity contribution in [2.24, 2.45) is 5.92 Å². The largest absolute Gasteiger partial charge is 0.287 e. The van der Waals surface area contributed by atoms with Gasteiger partial charge in [0.1, 0.15) is 5.82 Å². The number of nitrogens with one attached hydrogen (secondary N) is 1.